The quantitative estimate of drug-likeness (QED) is 0.266. The summed E-state index contributed by atoms with van der Waals surface area (Å²) in [6.07, 6.45) is 7.34. The fourth-order valence-electron chi connectivity index (χ4n) is 4.07. The van der Waals surface area contributed by atoms with Crippen molar-refractivity contribution >= 4 is 29.9 Å². The molecular formula is C25H44BrNO2Si. The number of anilines is 1. The van der Waals surface area contributed by atoms with Gasteiger partial charge in [-0.05, 0) is 67.6 Å². The zero-order valence-electron chi connectivity index (χ0n) is 20.4. The summed E-state index contributed by atoms with van der Waals surface area (Å²) in [5.74, 6) is 0. The summed E-state index contributed by atoms with van der Waals surface area (Å²) in [4.78, 5) is 2.50. The fourth-order valence-corrected chi connectivity index (χ4v) is 5.59. The van der Waals surface area contributed by atoms with E-state index >= 15 is 0 Å². The summed E-state index contributed by atoms with van der Waals surface area (Å²) in [5.41, 5.74) is 1.50. The molecule has 1 heterocycles. The third-order valence-electron chi connectivity index (χ3n) is 7.35. The Bertz CT molecular complexity index is 688. The molecule has 1 aromatic rings. The molecule has 1 fully saturated rings. The van der Waals surface area contributed by atoms with Crippen molar-refractivity contribution in [2.24, 2.45) is 0 Å². The molecule has 2 rings (SSSR count). The first-order chi connectivity index (χ1) is 13.9. The average molecular weight is 499 g/mol. The number of hydrogen-bond donors (Lipinski definition) is 1. The first kappa shape index (κ1) is 25.9. The highest BCUT2D eigenvalue weighted by Crippen LogP contribution is 2.39. The van der Waals surface area contributed by atoms with Crippen LogP contribution in [0.4, 0.5) is 5.69 Å². The predicted octanol–water partition coefficient (Wildman–Crippen LogP) is 7.62. The minimum absolute atomic E-state index is 0.232. The van der Waals surface area contributed by atoms with Crippen LogP contribution in [0.2, 0.25) is 18.1 Å². The Balaban J connectivity index is 2.21. The monoisotopic (exact) mass is 497 g/mol. The van der Waals surface area contributed by atoms with Gasteiger partial charge in [-0.1, -0.05) is 69.8 Å². The number of nitrogens with zero attached hydrogens (tertiary/aromatic N) is 1. The number of aliphatic hydroxyl groups is 1. The van der Waals surface area contributed by atoms with E-state index in [-0.39, 0.29) is 5.04 Å². The number of rotatable bonds is 10. The van der Waals surface area contributed by atoms with E-state index in [1.165, 1.54) is 31.4 Å². The van der Waals surface area contributed by atoms with Gasteiger partial charge in [0.25, 0.3) is 0 Å². The van der Waals surface area contributed by atoms with Gasteiger partial charge >= 0.3 is 0 Å². The first-order valence-electron chi connectivity index (χ1n) is 11.9. The van der Waals surface area contributed by atoms with Gasteiger partial charge in [-0.25, -0.2) is 0 Å². The maximum atomic E-state index is 11.4. The summed E-state index contributed by atoms with van der Waals surface area (Å²) in [7, 11) is -1.76. The molecule has 0 spiro atoms. The summed E-state index contributed by atoms with van der Waals surface area (Å²) in [5, 5.41) is 11.6. The molecule has 1 aliphatic heterocycles. The van der Waals surface area contributed by atoms with Crippen molar-refractivity contribution in [2.75, 3.05) is 18.1 Å². The van der Waals surface area contributed by atoms with E-state index in [0.29, 0.717) is 6.04 Å². The minimum Gasteiger partial charge on any atom is -0.415 e. The zero-order chi connectivity index (χ0) is 22.6. The number of hydrogen-bond acceptors (Lipinski definition) is 3. The van der Waals surface area contributed by atoms with E-state index in [1.54, 1.807) is 0 Å². The molecule has 0 amide bonds. The van der Waals surface area contributed by atoms with E-state index in [4.69, 9.17) is 4.43 Å². The van der Waals surface area contributed by atoms with Crippen molar-refractivity contribution in [1.29, 1.82) is 0 Å². The van der Waals surface area contributed by atoms with Gasteiger partial charge in [-0.2, -0.15) is 0 Å². The summed E-state index contributed by atoms with van der Waals surface area (Å²) in [6, 6.07) is 6.95. The van der Waals surface area contributed by atoms with Crippen LogP contribution in [0.5, 0.6) is 0 Å². The lowest BCUT2D eigenvalue weighted by Gasteiger charge is -2.38. The molecule has 1 aliphatic rings. The second-order valence-corrected chi connectivity index (χ2v) is 16.3. The van der Waals surface area contributed by atoms with Crippen LogP contribution >= 0.6 is 15.9 Å². The van der Waals surface area contributed by atoms with Gasteiger partial charge in [0.2, 0.25) is 0 Å². The van der Waals surface area contributed by atoms with E-state index in [2.05, 4.69) is 86.7 Å². The highest BCUT2D eigenvalue weighted by atomic mass is 79.9. The molecule has 0 aromatic heterocycles. The second-order valence-electron chi connectivity index (χ2n) is 10.6. The molecule has 30 heavy (non-hydrogen) atoms. The Kier molecular flexibility index (Phi) is 9.06. The normalized spacial score (nSPS) is 19.9. The van der Waals surface area contributed by atoms with Gasteiger partial charge in [0.05, 0.1) is 18.2 Å². The number of benzene rings is 1. The average Bonchev–Trinajstić information content (AvgIpc) is 3.14. The molecule has 1 unspecified atom stereocenters. The lowest BCUT2D eigenvalue weighted by atomic mass is 9.85. The van der Waals surface area contributed by atoms with Crippen LogP contribution in [-0.4, -0.2) is 32.6 Å². The van der Waals surface area contributed by atoms with Crippen LogP contribution in [0.1, 0.15) is 85.1 Å². The van der Waals surface area contributed by atoms with Crippen LogP contribution in [0.3, 0.4) is 0 Å². The molecule has 1 aromatic carbocycles. The maximum Gasteiger partial charge on any atom is 0.192 e. The van der Waals surface area contributed by atoms with Crippen molar-refractivity contribution < 1.29 is 9.53 Å². The van der Waals surface area contributed by atoms with E-state index in [1.807, 2.05) is 0 Å². The highest BCUT2D eigenvalue weighted by Gasteiger charge is 2.39. The lowest BCUT2D eigenvalue weighted by Crippen LogP contribution is -2.44. The molecule has 0 saturated carbocycles. The van der Waals surface area contributed by atoms with Crippen molar-refractivity contribution in [3.63, 3.8) is 0 Å². The standard InChI is InChI=1S/C25H44BrNO2Si/c1-8-10-11-14-25(28,9-2)20-16-21(26)18-23(17-20)27-15-12-13-22(27)19-29-30(6,7)24(3,4)5/h16-18,22,28H,8-15,19H2,1-7H3/t22?,25-/m0/s1. The highest BCUT2D eigenvalue weighted by molar-refractivity contribution is 9.10. The fraction of sp³-hybridized carbons (Fsp3) is 0.760. The van der Waals surface area contributed by atoms with Crippen LogP contribution in [0, 0.1) is 0 Å². The van der Waals surface area contributed by atoms with Gasteiger partial charge in [0, 0.05) is 16.7 Å². The molecule has 0 radical (unpaired) electrons. The Hall–Kier alpha value is -0.363. The molecule has 172 valence electrons. The molecule has 1 saturated heterocycles. The van der Waals surface area contributed by atoms with Gasteiger partial charge in [0.15, 0.2) is 8.32 Å². The first-order valence-corrected chi connectivity index (χ1v) is 15.6. The predicted molar refractivity (Wildman–Crippen MR) is 136 cm³/mol. The van der Waals surface area contributed by atoms with E-state index < -0.39 is 13.9 Å². The smallest absolute Gasteiger partial charge is 0.192 e. The van der Waals surface area contributed by atoms with Gasteiger partial charge in [0.1, 0.15) is 0 Å². The third kappa shape index (κ3) is 6.33. The van der Waals surface area contributed by atoms with Crippen molar-refractivity contribution in [3.8, 4) is 0 Å². The topological polar surface area (TPSA) is 32.7 Å². The van der Waals surface area contributed by atoms with Crippen LogP contribution in [0.25, 0.3) is 0 Å². The Morgan fingerprint density at radius 3 is 2.47 bits per heavy atom. The Morgan fingerprint density at radius 2 is 1.87 bits per heavy atom. The van der Waals surface area contributed by atoms with Crippen molar-refractivity contribution in [1.82, 2.24) is 0 Å². The van der Waals surface area contributed by atoms with E-state index in [0.717, 1.165) is 42.5 Å². The maximum absolute atomic E-state index is 11.4. The van der Waals surface area contributed by atoms with E-state index in [9.17, 15) is 5.11 Å². The minimum atomic E-state index is -1.76. The lowest BCUT2D eigenvalue weighted by molar-refractivity contribution is 0.0208. The SMILES string of the molecule is CCCCC[C@@](O)(CC)c1cc(Br)cc(N2CCCC2CO[Si](C)(C)C(C)(C)C)c1. The van der Waals surface area contributed by atoms with Crippen molar-refractivity contribution in [3.05, 3.63) is 28.2 Å². The van der Waals surface area contributed by atoms with Gasteiger partial charge in [-0.3, -0.25) is 0 Å². The number of halogens is 1. The van der Waals surface area contributed by atoms with Gasteiger partial charge < -0.3 is 14.4 Å². The van der Waals surface area contributed by atoms with Crippen LogP contribution < -0.4 is 4.90 Å². The molecule has 0 bridgehead atoms. The zero-order valence-corrected chi connectivity index (χ0v) is 22.9. The second kappa shape index (κ2) is 10.5. The molecular weight excluding hydrogens is 454 g/mol. The molecule has 0 aliphatic carbocycles. The molecule has 3 nitrogen and oxygen atoms in total. The largest absolute Gasteiger partial charge is 0.415 e. The van der Waals surface area contributed by atoms with Crippen LogP contribution in [0.15, 0.2) is 22.7 Å². The summed E-state index contributed by atoms with van der Waals surface area (Å²) >= 11 is 3.72. The Morgan fingerprint density at radius 1 is 1.17 bits per heavy atom. The summed E-state index contributed by atoms with van der Waals surface area (Å²) < 4.78 is 7.63. The van der Waals surface area contributed by atoms with Crippen LogP contribution in [-0.2, 0) is 10.0 Å². The molecule has 5 heteroatoms. The molecule has 2 atom stereocenters. The number of unbranched alkanes of at least 4 members (excludes halogenated alkanes) is 2. The van der Waals surface area contributed by atoms with Gasteiger partial charge in [-0.15, -0.1) is 0 Å². The Labute approximate surface area is 194 Å². The third-order valence-corrected chi connectivity index (χ3v) is 12.3. The van der Waals surface area contributed by atoms with Crippen molar-refractivity contribution in [2.45, 2.75) is 109 Å². The molecule has 1 N–H and O–H groups in total. The summed E-state index contributed by atoms with van der Waals surface area (Å²) in [6.45, 7) is 17.7.